The zero-order valence-electron chi connectivity index (χ0n) is 10.4. The molecule has 0 bridgehead atoms. The van der Waals surface area contributed by atoms with E-state index in [2.05, 4.69) is 54.1 Å². The highest BCUT2D eigenvalue weighted by Crippen LogP contribution is 2.37. The molecule has 2 aromatic rings. The number of hydrogen-bond acceptors (Lipinski definition) is 4. The quantitative estimate of drug-likeness (QED) is 0.701. The van der Waals surface area contributed by atoms with Gasteiger partial charge in [-0.1, -0.05) is 18.5 Å². The van der Waals surface area contributed by atoms with Crippen molar-refractivity contribution in [1.82, 2.24) is 9.97 Å². The summed E-state index contributed by atoms with van der Waals surface area (Å²) in [4.78, 5) is 10.0. The normalized spacial score (nSPS) is 10.8. The molecular weight excluding hydrogens is 413 g/mol. The summed E-state index contributed by atoms with van der Waals surface area (Å²) in [7, 11) is 0. The fourth-order valence-electron chi connectivity index (χ4n) is 1.49. The fourth-order valence-corrected chi connectivity index (χ4v) is 3.44. The molecule has 0 fully saturated rings. The SMILES string of the molecule is CCCNc1nc(-c2cc(Br)c(Cl)s2)nc(C)c1Br. The summed E-state index contributed by atoms with van der Waals surface area (Å²) in [5.74, 6) is 1.52. The number of thiophene rings is 1. The molecule has 1 N–H and O–H groups in total. The van der Waals surface area contributed by atoms with Gasteiger partial charge >= 0.3 is 0 Å². The number of nitrogens with zero attached hydrogens (tertiary/aromatic N) is 2. The number of aryl methyl sites for hydroxylation is 1. The fraction of sp³-hybridized carbons (Fsp3) is 0.333. The van der Waals surface area contributed by atoms with Crippen molar-refractivity contribution in [1.29, 1.82) is 0 Å². The third-order valence-electron chi connectivity index (χ3n) is 2.42. The lowest BCUT2D eigenvalue weighted by Crippen LogP contribution is -2.05. The standard InChI is InChI=1S/C12H12Br2ClN3S/c1-3-4-16-12-9(14)6(2)17-11(18-12)8-5-7(13)10(15)19-8/h5H,3-4H2,1-2H3,(H,16,17,18). The largest absolute Gasteiger partial charge is 0.369 e. The van der Waals surface area contributed by atoms with Gasteiger partial charge in [0, 0.05) is 11.0 Å². The first-order valence-corrected chi connectivity index (χ1v) is 8.54. The number of aromatic nitrogens is 2. The Hall–Kier alpha value is -0.170. The summed E-state index contributed by atoms with van der Waals surface area (Å²) >= 11 is 14.5. The molecule has 3 nitrogen and oxygen atoms in total. The van der Waals surface area contributed by atoms with E-state index in [9.17, 15) is 0 Å². The minimum Gasteiger partial charge on any atom is -0.369 e. The summed E-state index contributed by atoms with van der Waals surface area (Å²) in [6.45, 7) is 4.95. The van der Waals surface area contributed by atoms with Crippen LogP contribution in [0, 0.1) is 6.92 Å². The van der Waals surface area contributed by atoms with Gasteiger partial charge in [0.05, 0.1) is 15.0 Å². The molecular formula is C12H12Br2ClN3S. The van der Waals surface area contributed by atoms with Crippen molar-refractivity contribution in [2.24, 2.45) is 0 Å². The molecule has 0 aliphatic heterocycles. The van der Waals surface area contributed by atoms with Crippen molar-refractivity contribution in [3.63, 3.8) is 0 Å². The molecule has 0 spiro atoms. The molecule has 0 aliphatic rings. The van der Waals surface area contributed by atoms with Crippen LogP contribution in [0.3, 0.4) is 0 Å². The molecule has 2 aromatic heterocycles. The summed E-state index contributed by atoms with van der Waals surface area (Å²) in [5.41, 5.74) is 0.907. The average Bonchev–Trinajstić information content (AvgIpc) is 2.71. The van der Waals surface area contributed by atoms with Crippen LogP contribution in [-0.2, 0) is 0 Å². The van der Waals surface area contributed by atoms with E-state index in [0.717, 1.165) is 38.3 Å². The molecule has 0 radical (unpaired) electrons. The molecule has 0 saturated heterocycles. The van der Waals surface area contributed by atoms with Gasteiger partial charge in [0.1, 0.15) is 10.2 Å². The first kappa shape index (κ1) is 15.2. The van der Waals surface area contributed by atoms with Gasteiger partial charge in [0.15, 0.2) is 5.82 Å². The minimum absolute atomic E-state index is 0.692. The van der Waals surface area contributed by atoms with E-state index in [4.69, 9.17) is 11.6 Å². The van der Waals surface area contributed by atoms with Crippen molar-refractivity contribution in [3.05, 3.63) is 25.0 Å². The topological polar surface area (TPSA) is 37.8 Å². The smallest absolute Gasteiger partial charge is 0.172 e. The van der Waals surface area contributed by atoms with E-state index < -0.39 is 0 Å². The molecule has 0 aliphatic carbocycles. The Bertz CT molecular complexity index is 581. The molecule has 0 atom stereocenters. The zero-order chi connectivity index (χ0) is 14.0. The second-order valence-electron chi connectivity index (χ2n) is 3.95. The van der Waals surface area contributed by atoms with Crippen LogP contribution in [0.15, 0.2) is 15.0 Å². The molecule has 7 heteroatoms. The Morgan fingerprint density at radius 3 is 2.68 bits per heavy atom. The van der Waals surface area contributed by atoms with E-state index in [1.54, 1.807) is 0 Å². The first-order chi connectivity index (χ1) is 9.02. The van der Waals surface area contributed by atoms with Gasteiger partial charge in [-0.2, -0.15) is 0 Å². The van der Waals surface area contributed by atoms with Crippen LogP contribution in [0.25, 0.3) is 10.7 Å². The van der Waals surface area contributed by atoms with E-state index in [1.807, 2.05) is 13.0 Å². The van der Waals surface area contributed by atoms with Crippen LogP contribution < -0.4 is 5.32 Å². The Kier molecular flexibility index (Phi) is 5.22. The maximum absolute atomic E-state index is 6.06. The molecule has 0 aromatic carbocycles. The van der Waals surface area contributed by atoms with Crippen molar-refractivity contribution >= 4 is 60.6 Å². The molecule has 0 unspecified atom stereocenters. The Balaban J connectivity index is 2.43. The Labute approximate surface area is 138 Å². The molecule has 2 rings (SSSR count). The monoisotopic (exact) mass is 423 g/mol. The highest BCUT2D eigenvalue weighted by molar-refractivity contribution is 9.11. The molecule has 0 saturated carbocycles. The van der Waals surface area contributed by atoms with Gasteiger partial charge in [0.25, 0.3) is 0 Å². The van der Waals surface area contributed by atoms with Crippen LogP contribution in [0.2, 0.25) is 4.34 Å². The van der Waals surface area contributed by atoms with E-state index >= 15 is 0 Å². The molecule has 0 amide bonds. The summed E-state index contributed by atoms with van der Waals surface area (Å²) in [5, 5.41) is 3.30. The van der Waals surface area contributed by atoms with Crippen LogP contribution in [0.5, 0.6) is 0 Å². The van der Waals surface area contributed by atoms with E-state index in [1.165, 1.54) is 11.3 Å². The second kappa shape index (κ2) is 6.52. The number of rotatable bonds is 4. The van der Waals surface area contributed by atoms with Crippen molar-refractivity contribution in [2.45, 2.75) is 20.3 Å². The zero-order valence-corrected chi connectivity index (χ0v) is 15.2. The van der Waals surface area contributed by atoms with Crippen molar-refractivity contribution in [2.75, 3.05) is 11.9 Å². The first-order valence-electron chi connectivity index (χ1n) is 5.76. The van der Waals surface area contributed by atoms with Crippen LogP contribution >= 0.6 is 54.8 Å². The van der Waals surface area contributed by atoms with E-state index in [0.29, 0.717) is 10.2 Å². The maximum atomic E-state index is 6.06. The van der Waals surface area contributed by atoms with Crippen molar-refractivity contribution < 1.29 is 0 Å². The van der Waals surface area contributed by atoms with Gasteiger partial charge in [-0.15, -0.1) is 11.3 Å². The number of halogens is 3. The predicted molar refractivity (Wildman–Crippen MR) is 89.3 cm³/mol. The van der Waals surface area contributed by atoms with Gasteiger partial charge in [-0.25, -0.2) is 9.97 Å². The van der Waals surface area contributed by atoms with Gasteiger partial charge < -0.3 is 5.32 Å². The summed E-state index contributed by atoms with van der Waals surface area (Å²) in [6.07, 6.45) is 1.04. The number of hydrogen-bond donors (Lipinski definition) is 1. The highest BCUT2D eigenvalue weighted by atomic mass is 79.9. The van der Waals surface area contributed by atoms with Crippen LogP contribution in [0.1, 0.15) is 19.0 Å². The molecule has 102 valence electrons. The van der Waals surface area contributed by atoms with Gasteiger partial charge in [-0.05, 0) is 51.3 Å². The lowest BCUT2D eigenvalue weighted by molar-refractivity contribution is 0.959. The summed E-state index contributed by atoms with van der Waals surface area (Å²) < 4.78 is 2.50. The predicted octanol–water partition coefficient (Wildman–Crippen LogP) is 5.51. The van der Waals surface area contributed by atoms with Gasteiger partial charge in [0.2, 0.25) is 0 Å². The Morgan fingerprint density at radius 2 is 2.11 bits per heavy atom. The number of nitrogens with one attached hydrogen (secondary N) is 1. The average molecular weight is 426 g/mol. The number of anilines is 1. The maximum Gasteiger partial charge on any atom is 0.172 e. The molecule has 19 heavy (non-hydrogen) atoms. The van der Waals surface area contributed by atoms with Gasteiger partial charge in [-0.3, -0.25) is 0 Å². The lowest BCUT2D eigenvalue weighted by Gasteiger charge is -2.09. The summed E-state index contributed by atoms with van der Waals surface area (Å²) in [6, 6.07) is 1.94. The highest BCUT2D eigenvalue weighted by Gasteiger charge is 2.13. The van der Waals surface area contributed by atoms with Crippen LogP contribution in [0.4, 0.5) is 5.82 Å². The minimum atomic E-state index is 0.692. The van der Waals surface area contributed by atoms with Crippen LogP contribution in [-0.4, -0.2) is 16.5 Å². The molecule has 2 heterocycles. The Morgan fingerprint density at radius 1 is 1.37 bits per heavy atom. The second-order valence-corrected chi connectivity index (χ2v) is 7.26. The third kappa shape index (κ3) is 3.48. The van der Waals surface area contributed by atoms with Crippen molar-refractivity contribution in [3.8, 4) is 10.7 Å². The third-order valence-corrected chi connectivity index (χ3v) is 5.84. The van der Waals surface area contributed by atoms with E-state index in [-0.39, 0.29) is 0 Å². The lowest BCUT2D eigenvalue weighted by atomic mass is 10.3.